The van der Waals surface area contributed by atoms with Gasteiger partial charge in [0.25, 0.3) is 0 Å². The van der Waals surface area contributed by atoms with Crippen LogP contribution in [0.3, 0.4) is 0 Å². The van der Waals surface area contributed by atoms with Crippen LogP contribution >= 0.6 is 0 Å². The maximum Gasteiger partial charge on any atom is 0.163 e. The average molecular weight is 252 g/mol. The minimum absolute atomic E-state index is 0.0388. The summed E-state index contributed by atoms with van der Waals surface area (Å²) in [4.78, 5) is 15.3. The lowest BCUT2D eigenvalue weighted by Gasteiger charge is -2.09. The van der Waals surface area contributed by atoms with Crippen molar-refractivity contribution in [3.63, 3.8) is 0 Å². The van der Waals surface area contributed by atoms with Gasteiger partial charge < -0.3 is 4.74 Å². The van der Waals surface area contributed by atoms with Crippen LogP contribution in [0.2, 0.25) is 0 Å². The Bertz CT molecular complexity index is 645. The SMILES string of the molecule is CC(=O)c1ccccc1OCc1ccnc(C#N)c1. The smallest absolute Gasteiger partial charge is 0.163 e. The van der Waals surface area contributed by atoms with Gasteiger partial charge in [-0.15, -0.1) is 0 Å². The first-order valence-corrected chi connectivity index (χ1v) is 5.78. The summed E-state index contributed by atoms with van der Waals surface area (Å²) in [6.45, 7) is 1.80. The Labute approximate surface area is 111 Å². The van der Waals surface area contributed by atoms with Crippen molar-refractivity contribution in [2.75, 3.05) is 0 Å². The molecule has 0 aliphatic carbocycles. The van der Waals surface area contributed by atoms with Gasteiger partial charge in [0.05, 0.1) is 5.56 Å². The summed E-state index contributed by atoms with van der Waals surface area (Å²) in [5, 5.41) is 8.77. The molecule has 0 amide bonds. The van der Waals surface area contributed by atoms with Crippen molar-refractivity contribution in [3.8, 4) is 11.8 Å². The van der Waals surface area contributed by atoms with Crippen LogP contribution < -0.4 is 4.74 Å². The maximum absolute atomic E-state index is 11.4. The van der Waals surface area contributed by atoms with Gasteiger partial charge in [0, 0.05) is 6.20 Å². The zero-order valence-corrected chi connectivity index (χ0v) is 10.5. The van der Waals surface area contributed by atoms with Crippen LogP contribution in [0.25, 0.3) is 0 Å². The minimum atomic E-state index is -0.0388. The van der Waals surface area contributed by atoms with Crippen LogP contribution in [0.1, 0.15) is 28.5 Å². The number of pyridine rings is 1. The predicted molar refractivity (Wildman–Crippen MR) is 69.7 cm³/mol. The lowest BCUT2D eigenvalue weighted by molar-refractivity contribution is 0.101. The minimum Gasteiger partial charge on any atom is -0.488 e. The molecule has 0 bridgehead atoms. The third-order valence-electron chi connectivity index (χ3n) is 2.60. The lowest BCUT2D eigenvalue weighted by Crippen LogP contribution is -2.01. The van der Waals surface area contributed by atoms with E-state index >= 15 is 0 Å². The highest BCUT2D eigenvalue weighted by Gasteiger charge is 2.07. The van der Waals surface area contributed by atoms with Crippen molar-refractivity contribution in [1.29, 1.82) is 5.26 Å². The number of carbonyl (C=O) groups excluding carboxylic acids is 1. The Kier molecular flexibility index (Phi) is 3.89. The Morgan fingerprint density at radius 1 is 1.37 bits per heavy atom. The quantitative estimate of drug-likeness (QED) is 0.785. The molecule has 1 aromatic carbocycles. The van der Waals surface area contributed by atoms with Crippen LogP contribution in [0.5, 0.6) is 5.75 Å². The number of rotatable bonds is 4. The highest BCUT2D eigenvalue weighted by Crippen LogP contribution is 2.19. The number of Topliss-reactive ketones (excluding diaryl/α,β-unsaturated/α-hetero) is 1. The second-order valence-corrected chi connectivity index (χ2v) is 4.00. The van der Waals surface area contributed by atoms with Crippen molar-refractivity contribution in [2.24, 2.45) is 0 Å². The molecule has 2 aromatic rings. The molecular weight excluding hydrogens is 240 g/mol. The Hall–Kier alpha value is -2.67. The van der Waals surface area contributed by atoms with E-state index in [0.717, 1.165) is 5.56 Å². The van der Waals surface area contributed by atoms with E-state index in [1.54, 1.807) is 36.5 Å². The third kappa shape index (κ3) is 3.17. The van der Waals surface area contributed by atoms with Crippen molar-refractivity contribution < 1.29 is 9.53 Å². The average Bonchev–Trinajstić information content (AvgIpc) is 2.45. The number of benzene rings is 1. The number of nitriles is 1. The molecule has 0 spiro atoms. The van der Waals surface area contributed by atoms with Gasteiger partial charge in [0.1, 0.15) is 24.1 Å². The maximum atomic E-state index is 11.4. The number of hydrogen-bond acceptors (Lipinski definition) is 4. The largest absolute Gasteiger partial charge is 0.488 e. The summed E-state index contributed by atoms with van der Waals surface area (Å²) in [5.74, 6) is 0.508. The van der Waals surface area contributed by atoms with Crippen molar-refractivity contribution >= 4 is 5.78 Å². The molecule has 0 atom stereocenters. The molecule has 19 heavy (non-hydrogen) atoms. The lowest BCUT2D eigenvalue weighted by atomic mass is 10.1. The monoisotopic (exact) mass is 252 g/mol. The number of para-hydroxylation sites is 1. The van der Waals surface area contributed by atoms with E-state index in [1.165, 1.54) is 6.92 Å². The first kappa shape index (κ1) is 12.8. The molecule has 0 fully saturated rings. The highest BCUT2D eigenvalue weighted by atomic mass is 16.5. The highest BCUT2D eigenvalue weighted by molar-refractivity contribution is 5.96. The predicted octanol–water partition coefficient (Wildman–Crippen LogP) is 2.73. The first-order valence-electron chi connectivity index (χ1n) is 5.78. The van der Waals surface area contributed by atoms with E-state index in [0.29, 0.717) is 23.6 Å². The van der Waals surface area contributed by atoms with E-state index in [4.69, 9.17) is 10.00 Å². The molecule has 0 radical (unpaired) electrons. The van der Waals surface area contributed by atoms with Crippen LogP contribution in [0, 0.1) is 11.3 Å². The molecule has 0 saturated carbocycles. The van der Waals surface area contributed by atoms with Gasteiger partial charge >= 0.3 is 0 Å². The summed E-state index contributed by atoms with van der Waals surface area (Å²) in [5.41, 5.74) is 1.74. The molecule has 0 aliphatic heterocycles. The van der Waals surface area contributed by atoms with Crippen molar-refractivity contribution in [2.45, 2.75) is 13.5 Å². The van der Waals surface area contributed by atoms with Gasteiger partial charge in [-0.2, -0.15) is 5.26 Å². The molecule has 4 nitrogen and oxygen atoms in total. The Balaban J connectivity index is 2.15. The van der Waals surface area contributed by atoms with E-state index < -0.39 is 0 Å². The fourth-order valence-corrected chi connectivity index (χ4v) is 1.67. The number of nitrogens with zero attached hydrogens (tertiary/aromatic N) is 2. The van der Waals surface area contributed by atoms with Gasteiger partial charge in [0.2, 0.25) is 0 Å². The summed E-state index contributed by atoms with van der Waals surface area (Å²) >= 11 is 0. The summed E-state index contributed by atoms with van der Waals surface area (Å²) < 4.78 is 5.63. The second kappa shape index (κ2) is 5.78. The van der Waals surface area contributed by atoms with Crippen LogP contribution in [-0.2, 0) is 6.61 Å². The van der Waals surface area contributed by atoms with Crippen LogP contribution in [0.15, 0.2) is 42.6 Å². The standard InChI is InChI=1S/C15H12N2O2/c1-11(18)14-4-2-3-5-15(14)19-10-12-6-7-17-13(8-12)9-16/h2-8H,10H2,1H3. The molecule has 1 aromatic heterocycles. The number of hydrogen-bond donors (Lipinski definition) is 0. The summed E-state index contributed by atoms with van der Waals surface area (Å²) in [7, 11) is 0. The number of ketones is 1. The van der Waals surface area contributed by atoms with Gasteiger partial charge in [-0.25, -0.2) is 4.98 Å². The second-order valence-electron chi connectivity index (χ2n) is 4.00. The van der Waals surface area contributed by atoms with Gasteiger partial charge in [-0.3, -0.25) is 4.79 Å². The van der Waals surface area contributed by atoms with Gasteiger partial charge in [-0.05, 0) is 36.8 Å². The fraction of sp³-hybridized carbons (Fsp3) is 0.133. The Morgan fingerprint density at radius 2 is 2.16 bits per heavy atom. The molecule has 0 unspecified atom stereocenters. The number of ether oxygens (including phenoxy) is 1. The third-order valence-corrected chi connectivity index (χ3v) is 2.60. The van der Waals surface area contributed by atoms with E-state index in [-0.39, 0.29) is 5.78 Å². The van der Waals surface area contributed by atoms with Crippen LogP contribution in [-0.4, -0.2) is 10.8 Å². The van der Waals surface area contributed by atoms with Crippen LogP contribution in [0.4, 0.5) is 0 Å². The normalized spacial score (nSPS) is 9.68. The summed E-state index contributed by atoms with van der Waals surface area (Å²) in [6.07, 6.45) is 1.56. The van der Waals surface area contributed by atoms with E-state index in [2.05, 4.69) is 4.98 Å². The molecule has 4 heteroatoms. The molecule has 1 heterocycles. The molecule has 94 valence electrons. The number of aromatic nitrogens is 1. The van der Waals surface area contributed by atoms with E-state index in [1.807, 2.05) is 12.1 Å². The fourth-order valence-electron chi connectivity index (χ4n) is 1.67. The topological polar surface area (TPSA) is 63.0 Å². The van der Waals surface area contributed by atoms with Crippen molar-refractivity contribution in [3.05, 3.63) is 59.4 Å². The summed E-state index contributed by atoms with van der Waals surface area (Å²) in [6, 6.07) is 12.5. The zero-order valence-electron chi connectivity index (χ0n) is 10.5. The molecule has 2 rings (SSSR count). The Morgan fingerprint density at radius 3 is 2.89 bits per heavy atom. The van der Waals surface area contributed by atoms with Gasteiger partial charge in [0.15, 0.2) is 5.78 Å². The number of carbonyl (C=O) groups is 1. The first-order chi connectivity index (χ1) is 9.20. The zero-order chi connectivity index (χ0) is 13.7. The molecule has 0 saturated heterocycles. The molecule has 0 aliphatic rings. The van der Waals surface area contributed by atoms with Crippen molar-refractivity contribution in [1.82, 2.24) is 4.98 Å². The van der Waals surface area contributed by atoms with Gasteiger partial charge in [-0.1, -0.05) is 12.1 Å². The van der Waals surface area contributed by atoms with E-state index in [9.17, 15) is 4.79 Å². The molecular formula is C15H12N2O2. The molecule has 0 N–H and O–H groups in total.